The van der Waals surface area contributed by atoms with Gasteiger partial charge >= 0.3 is 0 Å². The predicted molar refractivity (Wildman–Crippen MR) is 134 cm³/mol. The van der Waals surface area contributed by atoms with Crippen LogP contribution in [0.2, 0.25) is 0 Å². The van der Waals surface area contributed by atoms with Gasteiger partial charge in [0.25, 0.3) is 0 Å². The van der Waals surface area contributed by atoms with E-state index in [1.807, 2.05) is 0 Å². The van der Waals surface area contributed by atoms with Crippen molar-refractivity contribution in [2.45, 2.75) is 42.5 Å². The minimum atomic E-state index is -3.85. The molecular weight excluding hydrogens is 535 g/mol. The molecule has 39 heavy (non-hydrogen) atoms. The monoisotopic (exact) mass is 564 g/mol. The maximum atomic E-state index is 13.9. The first-order valence-corrected chi connectivity index (χ1v) is 14.0. The third-order valence-corrected chi connectivity index (χ3v) is 8.79. The molecular formula is C23H29FN8O6S. The summed E-state index contributed by atoms with van der Waals surface area (Å²) >= 11 is 0. The molecule has 5 heterocycles. The minimum absolute atomic E-state index is 0.0989. The van der Waals surface area contributed by atoms with Crippen molar-refractivity contribution in [1.82, 2.24) is 34.7 Å². The number of nitrogens with zero attached hydrogens (tertiary/aromatic N) is 8. The van der Waals surface area contributed by atoms with Crippen LogP contribution in [-0.4, -0.2) is 95.5 Å². The third kappa shape index (κ3) is 5.49. The molecule has 0 spiro atoms. The van der Waals surface area contributed by atoms with Gasteiger partial charge in [0.1, 0.15) is 18.2 Å². The van der Waals surface area contributed by atoms with Crippen molar-refractivity contribution >= 4 is 15.8 Å². The normalized spacial score (nSPS) is 21.7. The van der Waals surface area contributed by atoms with Crippen LogP contribution in [0, 0.1) is 5.82 Å². The largest absolute Gasteiger partial charge is 0.479 e. The number of rotatable bonds is 9. The van der Waals surface area contributed by atoms with Gasteiger partial charge in [0.2, 0.25) is 17.7 Å². The lowest BCUT2D eigenvalue weighted by atomic mass is 10.1. The van der Waals surface area contributed by atoms with Gasteiger partial charge in [-0.2, -0.15) is 9.97 Å². The molecule has 0 aromatic carbocycles. The summed E-state index contributed by atoms with van der Waals surface area (Å²) in [5, 5.41) is 7.74. The Bertz CT molecular complexity index is 1380. The molecule has 2 fully saturated rings. The van der Waals surface area contributed by atoms with Gasteiger partial charge in [0.05, 0.1) is 38.0 Å². The van der Waals surface area contributed by atoms with Crippen molar-refractivity contribution in [1.29, 1.82) is 0 Å². The lowest BCUT2D eigenvalue weighted by Crippen LogP contribution is -2.50. The number of aromatic nitrogens is 7. The van der Waals surface area contributed by atoms with Crippen molar-refractivity contribution < 1.29 is 31.8 Å². The standard InChI is InChI=1S/C23H29FN8O6S/c1-35-15-7-16(11-31(10-15)23-25-8-14(24)9-26-23)39(33,34)12-18-29-30-20(17-5-4-6-38-17)32(18)19-21(36-2)27-13-28-22(19)37-3/h8-9,13,15-17H,4-7,10-12H2,1-3H3/t15-,16+,17-/m0/s1. The van der Waals surface area contributed by atoms with Gasteiger partial charge in [0, 0.05) is 26.8 Å². The number of hydrogen-bond donors (Lipinski definition) is 0. The molecule has 0 unspecified atom stereocenters. The second-order valence-electron chi connectivity index (χ2n) is 9.18. The summed E-state index contributed by atoms with van der Waals surface area (Å²) < 4.78 is 65.0. The lowest BCUT2D eigenvalue weighted by Gasteiger charge is -2.36. The third-order valence-electron chi connectivity index (χ3n) is 6.77. The van der Waals surface area contributed by atoms with Crippen molar-refractivity contribution in [3.05, 3.63) is 36.2 Å². The van der Waals surface area contributed by atoms with Crippen LogP contribution in [0.3, 0.4) is 0 Å². The van der Waals surface area contributed by atoms with Crippen molar-refractivity contribution in [2.24, 2.45) is 0 Å². The molecule has 2 aliphatic heterocycles. The fraction of sp³-hybridized carbons (Fsp3) is 0.565. The van der Waals surface area contributed by atoms with Crippen LogP contribution in [0.15, 0.2) is 18.7 Å². The molecule has 3 atom stereocenters. The molecule has 3 aromatic heterocycles. The van der Waals surface area contributed by atoms with E-state index in [1.54, 1.807) is 9.47 Å². The average molecular weight is 565 g/mol. The van der Waals surface area contributed by atoms with Crippen LogP contribution >= 0.6 is 0 Å². The molecule has 5 rings (SSSR count). The number of ether oxygens (including phenoxy) is 4. The van der Waals surface area contributed by atoms with Crippen molar-refractivity contribution in [3.63, 3.8) is 0 Å². The molecule has 16 heteroatoms. The van der Waals surface area contributed by atoms with Crippen LogP contribution in [0.4, 0.5) is 10.3 Å². The topological polar surface area (TPSA) is 157 Å². The molecule has 0 aliphatic carbocycles. The summed E-state index contributed by atoms with van der Waals surface area (Å²) in [5.41, 5.74) is 0.281. The van der Waals surface area contributed by atoms with E-state index in [1.165, 1.54) is 27.7 Å². The van der Waals surface area contributed by atoms with Crippen LogP contribution in [0.25, 0.3) is 5.69 Å². The number of anilines is 1. The van der Waals surface area contributed by atoms with Gasteiger partial charge in [-0.15, -0.1) is 10.2 Å². The maximum absolute atomic E-state index is 13.9. The van der Waals surface area contributed by atoms with E-state index < -0.39 is 38.9 Å². The molecule has 2 aliphatic rings. The Kier molecular flexibility index (Phi) is 7.86. The van der Waals surface area contributed by atoms with Gasteiger partial charge in [-0.05, 0) is 19.3 Å². The molecule has 0 amide bonds. The second kappa shape index (κ2) is 11.3. The zero-order valence-corrected chi connectivity index (χ0v) is 22.5. The molecule has 3 aromatic rings. The SMILES string of the molecule is COc1ncnc(OC)c1-n1c(CS(=O)(=O)[C@@H]2C[C@H](OC)CN(c3ncc(F)cn3)C2)nnc1[C@@H]1CCCO1. The van der Waals surface area contributed by atoms with Gasteiger partial charge in [-0.3, -0.25) is 4.57 Å². The Labute approximate surface area is 224 Å². The quantitative estimate of drug-likeness (QED) is 0.364. The molecule has 0 N–H and O–H groups in total. The number of piperidine rings is 1. The smallest absolute Gasteiger partial charge is 0.245 e. The Morgan fingerprint density at radius 3 is 2.38 bits per heavy atom. The number of halogens is 1. The van der Waals surface area contributed by atoms with E-state index >= 15 is 0 Å². The van der Waals surface area contributed by atoms with Gasteiger partial charge in [-0.25, -0.2) is 22.8 Å². The van der Waals surface area contributed by atoms with E-state index in [4.69, 9.17) is 18.9 Å². The summed E-state index contributed by atoms with van der Waals surface area (Å²) in [6.07, 6.45) is 4.33. The number of sulfone groups is 1. The van der Waals surface area contributed by atoms with Crippen LogP contribution in [-0.2, 0) is 25.1 Å². The zero-order chi connectivity index (χ0) is 27.6. The molecule has 210 valence electrons. The number of methoxy groups -OCH3 is 3. The van der Waals surface area contributed by atoms with Crippen molar-refractivity contribution in [2.75, 3.05) is 45.9 Å². The highest BCUT2D eigenvalue weighted by atomic mass is 32.2. The first-order valence-electron chi connectivity index (χ1n) is 12.3. The van der Waals surface area contributed by atoms with E-state index in [9.17, 15) is 12.8 Å². The molecule has 2 saturated heterocycles. The fourth-order valence-electron chi connectivity index (χ4n) is 4.86. The summed E-state index contributed by atoms with van der Waals surface area (Å²) in [7, 11) is 0.552. The van der Waals surface area contributed by atoms with Gasteiger partial charge in [0.15, 0.2) is 33.0 Å². The Morgan fingerprint density at radius 1 is 1.05 bits per heavy atom. The highest BCUT2D eigenvalue weighted by Gasteiger charge is 2.39. The number of hydrogen-bond acceptors (Lipinski definition) is 13. The van der Waals surface area contributed by atoms with E-state index in [0.29, 0.717) is 25.4 Å². The average Bonchev–Trinajstić information content (AvgIpc) is 3.62. The lowest BCUT2D eigenvalue weighted by molar-refractivity contribution is 0.0897. The summed E-state index contributed by atoms with van der Waals surface area (Å²) in [5.74, 6) is 0.0542. The second-order valence-corrected chi connectivity index (χ2v) is 11.5. The first-order chi connectivity index (χ1) is 18.8. The van der Waals surface area contributed by atoms with Gasteiger partial charge in [-0.1, -0.05) is 0 Å². The van der Waals surface area contributed by atoms with Crippen LogP contribution in [0.5, 0.6) is 11.8 Å². The maximum Gasteiger partial charge on any atom is 0.245 e. The zero-order valence-electron chi connectivity index (χ0n) is 21.7. The highest BCUT2D eigenvalue weighted by Crippen LogP contribution is 2.36. The van der Waals surface area contributed by atoms with E-state index in [0.717, 1.165) is 18.8 Å². The molecule has 0 saturated carbocycles. The Balaban J connectivity index is 1.52. The highest BCUT2D eigenvalue weighted by molar-refractivity contribution is 7.91. The van der Waals surface area contributed by atoms with Gasteiger partial charge < -0.3 is 23.8 Å². The molecule has 0 bridgehead atoms. The summed E-state index contributed by atoms with van der Waals surface area (Å²) in [6.45, 7) is 1.01. The van der Waals surface area contributed by atoms with E-state index in [2.05, 4.69) is 30.1 Å². The predicted octanol–water partition coefficient (Wildman–Crippen LogP) is 1.06. The Hall–Kier alpha value is -3.50. The fourth-order valence-corrected chi connectivity index (χ4v) is 6.56. The summed E-state index contributed by atoms with van der Waals surface area (Å²) in [6, 6.07) is 0. The molecule has 14 nitrogen and oxygen atoms in total. The Morgan fingerprint density at radius 2 is 1.77 bits per heavy atom. The first kappa shape index (κ1) is 27.1. The van der Waals surface area contributed by atoms with Crippen molar-refractivity contribution in [3.8, 4) is 17.4 Å². The van der Waals surface area contributed by atoms with Crippen LogP contribution < -0.4 is 14.4 Å². The molecule has 0 radical (unpaired) electrons. The summed E-state index contributed by atoms with van der Waals surface area (Å²) in [4.78, 5) is 18.1. The van der Waals surface area contributed by atoms with Crippen LogP contribution in [0.1, 0.15) is 37.0 Å². The van der Waals surface area contributed by atoms with E-state index in [-0.39, 0.29) is 42.2 Å². The minimum Gasteiger partial charge on any atom is -0.479 e.